The fourth-order valence-corrected chi connectivity index (χ4v) is 7.81. The molecule has 154 valence electrons. The van der Waals surface area contributed by atoms with Crippen molar-refractivity contribution < 1.29 is 16.8 Å². The molecule has 28 heavy (non-hydrogen) atoms. The Labute approximate surface area is 171 Å². The van der Waals surface area contributed by atoms with E-state index in [0.717, 1.165) is 28.2 Å². The number of rotatable bonds is 7. The molecule has 1 aromatic heterocycles. The van der Waals surface area contributed by atoms with Gasteiger partial charge in [0, 0.05) is 29.4 Å². The van der Waals surface area contributed by atoms with Crippen LogP contribution in [-0.4, -0.2) is 40.8 Å². The molecule has 1 N–H and O–H groups in total. The van der Waals surface area contributed by atoms with E-state index in [1.54, 1.807) is 18.2 Å². The maximum atomic E-state index is 13.0. The summed E-state index contributed by atoms with van der Waals surface area (Å²) in [7, 11) is -7.00. The highest BCUT2D eigenvalue weighted by Crippen LogP contribution is 2.30. The fourth-order valence-electron chi connectivity index (χ4n) is 3.50. The molecule has 3 rings (SSSR count). The zero-order chi connectivity index (χ0) is 20.4. The number of nitrogens with one attached hydrogen (secondary N) is 1. The van der Waals surface area contributed by atoms with E-state index in [1.807, 2.05) is 32.0 Å². The topological polar surface area (TPSA) is 83.6 Å². The normalized spacial score (nSPS) is 19.0. The lowest BCUT2D eigenvalue weighted by molar-refractivity contribution is 0.267. The fraction of sp³-hybridized carbons (Fsp3) is 0.474. The van der Waals surface area contributed by atoms with E-state index < -0.39 is 20.0 Å². The molecule has 0 amide bonds. The van der Waals surface area contributed by atoms with Crippen LogP contribution in [0.3, 0.4) is 0 Å². The molecule has 1 aromatic carbocycles. The van der Waals surface area contributed by atoms with Gasteiger partial charge in [-0.25, -0.2) is 21.6 Å². The van der Waals surface area contributed by atoms with Gasteiger partial charge in [0.15, 0.2) is 0 Å². The Bertz CT molecular complexity index is 1010. The van der Waals surface area contributed by atoms with Crippen LogP contribution in [0, 0.1) is 19.8 Å². The first-order valence-corrected chi connectivity index (χ1v) is 13.2. The minimum Gasteiger partial charge on any atom is -0.215 e. The van der Waals surface area contributed by atoms with Crippen LogP contribution in [0.1, 0.15) is 28.2 Å². The Balaban J connectivity index is 1.63. The summed E-state index contributed by atoms with van der Waals surface area (Å²) in [6.45, 7) is 4.79. The highest BCUT2D eigenvalue weighted by atomic mass is 32.2. The van der Waals surface area contributed by atoms with Crippen molar-refractivity contribution in [3.05, 3.63) is 51.7 Å². The van der Waals surface area contributed by atoms with Gasteiger partial charge in [0.2, 0.25) is 20.0 Å². The third-order valence-electron chi connectivity index (χ3n) is 4.89. The smallest absolute Gasteiger partial charge is 0.215 e. The zero-order valence-electron chi connectivity index (χ0n) is 16.1. The van der Waals surface area contributed by atoms with Gasteiger partial charge in [0.1, 0.15) is 0 Å². The van der Waals surface area contributed by atoms with Gasteiger partial charge in [-0.15, -0.1) is 11.3 Å². The van der Waals surface area contributed by atoms with Crippen LogP contribution in [0.4, 0.5) is 0 Å². The highest BCUT2D eigenvalue weighted by molar-refractivity contribution is 7.89. The minimum atomic E-state index is -3.54. The third kappa shape index (κ3) is 5.21. The third-order valence-corrected chi connectivity index (χ3v) is 9.29. The molecular formula is C19H26N2O4S3. The van der Waals surface area contributed by atoms with E-state index in [9.17, 15) is 16.8 Å². The molecule has 2 aromatic rings. The standard InChI is InChI=1S/C19H26N2O4S3/c1-15-11-19(16(2)26-15)28(24,25)21-10-6-9-18(13-21)12-20-27(22,23)14-17-7-4-3-5-8-17/h3-5,7-8,11,18,20H,6,9-10,12-14H2,1-2H3. The first-order valence-electron chi connectivity index (χ1n) is 9.26. The summed E-state index contributed by atoms with van der Waals surface area (Å²) in [6.07, 6.45) is 1.54. The minimum absolute atomic E-state index is 0.0332. The van der Waals surface area contributed by atoms with Crippen molar-refractivity contribution in [1.29, 1.82) is 0 Å². The molecule has 1 aliphatic heterocycles. The summed E-state index contributed by atoms with van der Waals surface area (Å²) in [5.74, 6) is -0.107. The van der Waals surface area contributed by atoms with Crippen molar-refractivity contribution >= 4 is 31.4 Å². The van der Waals surface area contributed by atoms with Gasteiger partial charge in [0.25, 0.3) is 0 Å². The first-order chi connectivity index (χ1) is 13.2. The van der Waals surface area contributed by atoms with Crippen LogP contribution >= 0.6 is 11.3 Å². The quantitative estimate of drug-likeness (QED) is 0.715. The Morgan fingerprint density at radius 1 is 1.14 bits per heavy atom. The van der Waals surface area contributed by atoms with Crippen LogP contribution in [-0.2, 0) is 25.8 Å². The van der Waals surface area contributed by atoms with E-state index in [-0.39, 0.29) is 18.2 Å². The maximum absolute atomic E-state index is 13.0. The number of benzene rings is 1. The number of hydrogen-bond donors (Lipinski definition) is 1. The largest absolute Gasteiger partial charge is 0.244 e. The predicted molar refractivity (Wildman–Crippen MR) is 112 cm³/mol. The Morgan fingerprint density at radius 3 is 2.50 bits per heavy atom. The summed E-state index contributed by atoms with van der Waals surface area (Å²) in [4.78, 5) is 2.14. The average Bonchev–Trinajstić information content (AvgIpc) is 3.00. The van der Waals surface area contributed by atoms with Gasteiger partial charge < -0.3 is 0 Å². The monoisotopic (exact) mass is 442 g/mol. The molecule has 1 fully saturated rings. The molecule has 0 saturated carbocycles. The van der Waals surface area contributed by atoms with Gasteiger partial charge in [-0.1, -0.05) is 30.3 Å². The molecule has 2 heterocycles. The highest BCUT2D eigenvalue weighted by Gasteiger charge is 2.32. The van der Waals surface area contributed by atoms with Gasteiger partial charge in [-0.3, -0.25) is 0 Å². The van der Waals surface area contributed by atoms with Crippen molar-refractivity contribution in [3.63, 3.8) is 0 Å². The Hall–Kier alpha value is -1.26. The van der Waals surface area contributed by atoms with Crippen LogP contribution < -0.4 is 4.72 Å². The lowest BCUT2D eigenvalue weighted by atomic mass is 10.0. The molecule has 0 spiro atoms. The lowest BCUT2D eigenvalue weighted by Crippen LogP contribution is -2.43. The molecule has 1 unspecified atom stereocenters. The molecule has 0 aliphatic carbocycles. The van der Waals surface area contributed by atoms with E-state index in [2.05, 4.69) is 4.72 Å². The summed E-state index contributed by atoms with van der Waals surface area (Å²) >= 11 is 1.48. The average molecular weight is 443 g/mol. The second kappa shape index (κ2) is 8.62. The molecule has 1 saturated heterocycles. The van der Waals surface area contributed by atoms with E-state index in [4.69, 9.17) is 0 Å². The van der Waals surface area contributed by atoms with E-state index in [1.165, 1.54) is 15.6 Å². The number of thiophene rings is 1. The Morgan fingerprint density at radius 2 is 1.86 bits per heavy atom. The number of piperidine rings is 1. The number of nitrogens with zero attached hydrogens (tertiary/aromatic N) is 1. The summed E-state index contributed by atoms with van der Waals surface area (Å²) in [5.41, 5.74) is 0.728. The second-order valence-corrected chi connectivity index (χ2v) is 12.4. The molecule has 0 radical (unpaired) electrons. The van der Waals surface area contributed by atoms with E-state index >= 15 is 0 Å². The molecule has 1 atom stereocenters. The molecule has 6 nitrogen and oxygen atoms in total. The number of aryl methyl sites for hydroxylation is 2. The number of sulfonamides is 2. The zero-order valence-corrected chi connectivity index (χ0v) is 18.5. The first kappa shape index (κ1) is 21.4. The van der Waals surface area contributed by atoms with Gasteiger partial charge in [0.05, 0.1) is 10.6 Å². The van der Waals surface area contributed by atoms with Gasteiger partial charge in [-0.2, -0.15) is 4.31 Å². The maximum Gasteiger partial charge on any atom is 0.244 e. The van der Waals surface area contributed by atoms with Gasteiger partial charge >= 0.3 is 0 Å². The van der Waals surface area contributed by atoms with Crippen molar-refractivity contribution in [2.24, 2.45) is 5.92 Å². The Kier molecular flexibility index (Phi) is 6.61. The van der Waals surface area contributed by atoms with Crippen molar-refractivity contribution in [2.45, 2.75) is 37.3 Å². The lowest BCUT2D eigenvalue weighted by Gasteiger charge is -2.32. The van der Waals surface area contributed by atoms with Crippen LogP contribution in [0.15, 0.2) is 41.3 Å². The van der Waals surface area contributed by atoms with Gasteiger partial charge in [-0.05, 0) is 44.2 Å². The van der Waals surface area contributed by atoms with Crippen LogP contribution in [0.2, 0.25) is 0 Å². The van der Waals surface area contributed by atoms with Crippen molar-refractivity contribution in [2.75, 3.05) is 19.6 Å². The van der Waals surface area contributed by atoms with Crippen LogP contribution in [0.25, 0.3) is 0 Å². The molecular weight excluding hydrogens is 416 g/mol. The predicted octanol–water partition coefficient (Wildman–Crippen LogP) is 2.89. The van der Waals surface area contributed by atoms with Crippen molar-refractivity contribution in [1.82, 2.24) is 9.03 Å². The summed E-state index contributed by atoms with van der Waals surface area (Å²) in [6, 6.07) is 10.7. The molecule has 1 aliphatic rings. The van der Waals surface area contributed by atoms with E-state index in [0.29, 0.717) is 18.0 Å². The number of hydrogen-bond acceptors (Lipinski definition) is 5. The van der Waals surface area contributed by atoms with Crippen LogP contribution in [0.5, 0.6) is 0 Å². The summed E-state index contributed by atoms with van der Waals surface area (Å²) in [5, 5.41) is 0. The second-order valence-electron chi connectivity index (χ2n) is 7.24. The van der Waals surface area contributed by atoms with Crippen molar-refractivity contribution in [3.8, 4) is 0 Å². The molecule has 9 heteroatoms. The summed E-state index contributed by atoms with van der Waals surface area (Å²) < 4.78 is 54.9. The molecule has 0 bridgehead atoms. The SMILES string of the molecule is Cc1cc(S(=O)(=O)N2CCCC(CNS(=O)(=O)Cc3ccccc3)C2)c(C)s1.